The van der Waals surface area contributed by atoms with Crippen molar-refractivity contribution < 1.29 is 9.90 Å². The minimum absolute atomic E-state index is 0.0207. The fourth-order valence-electron chi connectivity index (χ4n) is 1.60. The van der Waals surface area contributed by atoms with Crippen LogP contribution >= 0.6 is 12.2 Å². The largest absolute Gasteiger partial charge is 0.391 e. The van der Waals surface area contributed by atoms with Crippen LogP contribution in [0.2, 0.25) is 0 Å². The molecule has 1 saturated heterocycles. The summed E-state index contributed by atoms with van der Waals surface area (Å²) in [6.45, 7) is 0.109. The highest BCUT2D eigenvalue weighted by atomic mass is 32.1. The second-order valence-corrected chi connectivity index (χ2v) is 3.94. The Labute approximate surface area is 94.9 Å². The number of aliphatic hydroxyl groups is 1. The summed E-state index contributed by atoms with van der Waals surface area (Å²) in [6, 6.07) is 0. The maximum absolute atomic E-state index is 11.5. The molecule has 1 unspecified atom stereocenters. The molecule has 0 bridgehead atoms. The number of aromatic nitrogens is 2. The minimum atomic E-state index is -0.742. The number of amides is 1. The summed E-state index contributed by atoms with van der Waals surface area (Å²) in [4.78, 5) is 29.0. The van der Waals surface area contributed by atoms with Crippen LogP contribution in [0, 0.1) is 4.77 Å². The van der Waals surface area contributed by atoms with Crippen LogP contribution < -0.4 is 16.2 Å². The molecule has 1 aliphatic heterocycles. The number of nitrogen functional groups attached to an aromatic ring is 1. The van der Waals surface area contributed by atoms with Gasteiger partial charge in [0.25, 0.3) is 5.56 Å². The number of hydrogen-bond acceptors (Lipinski definition) is 5. The highest BCUT2D eigenvalue weighted by Gasteiger charge is 2.31. The van der Waals surface area contributed by atoms with Crippen LogP contribution in [-0.4, -0.2) is 33.6 Å². The number of nitrogens with two attached hydrogens (primary N) is 1. The molecule has 2 heterocycles. The van der Waals surface area contributed by atoms with E-state index >= 15 is 0 Å². The van der Waals surface area contributed by atoms with Gasteiger partial charge in [-0.1, -0.05) is 0 Å². The van der Waals surface area contributed by atoms with Gasteiger partial charge in [0.1, 0.15) is 11.5 Å². The molecular formula is C8H10N4O3S. The minimum Gasteiger partial charge on any atom is -0.391 e. The number of anilines is 2. The van der Waals surface area contributed by atoms with E-state index in [1.807, 2.05) is 0 Å². The van der Waals surface area contributed by atoms with Crippen molar-refractivity contribution in [2.24, 2.45) is 0 Å². The van der Waals surface area contributed by atoms with Gasteiger partial charge >= 0.3 is 0 Å². The first-order chi connectivity index (χ1) is 7.49. The lowest BCUT2D eigenvalue weighted by Crippen LogP contribution is -2.30. The first-order valence-corrected chi connectivity index (χ1v) is 5.00. The van der Waals surface area contributed by atoms with Gasteiger partial charge in [-0.25, -0.2) is 0 Å². The molecule has 1 amide bonds. The van der Waals surface area contributed by atoms with Gasteiger partial charge in [-0.05, 0) is 12.2 Å². The summed E-state index contributed by atoms with van der Waals surface area (Å²) in [5.41, 5.74) is 4.88. The van der Waals surface area contributed by atoms with Crippen molar-refractivity contribution in [2.75, 3.05) is 17.2 Å². The molecular weight excluding hydrogens is 232 g/mol. The van der Waals surface area contributed by atoms with Gasteiger partial charge in [0.2, 0.25) is 5.91 Å². The van der Waals surface area contributed by atoms with Crippen LogP contribution in [-0.2, 0) is 4.79 Å². The van der Waals surface area contributed by atoms with Gasteiger partial charge in [-0.15, -0.1) is 0 Å². The zero-order valence-corrected chi connectivity index (χ0v) is 9.00. The van der Waals surface area contributed by atoms with Crippen molar-refractivity contribution in [1.82, 2.24) is 9.97 Å². The quantitative estimate of drug-likeness (QED) is 0.477. The summed E-state index contributed by atoms with van der Waals surface area (Å²) in [5, 5.41) is 9.33. The number of nitrogens with zero attached hydrogens (tertiary/aromatic N) is 1. The molecule has 0 aromatic carbocycles. The number of H-pyrrole nitrogens is 2. The number of aliphatic hydroxyl groups excluding tert-OH is 1. The first-order valence-electron chi connectivity index (χ1n) is 4.59. The van der Waals surface area contributed by atoms with E-state index in [4.69, 9.17) is 18.0 Å². The van der Waals surface area contributed by atoms with Crippen molar-refractivity contribution >= 4 is 29.6 Å². The Morgan fingerprint density at radius 1 is 1.44 bits per heavy atom. The molecule has 1 aromatic heterocycles. The number of carbonyl (C=O) groups excluding carboxylic acids is 1. The molecule has 7 nitrogen and oxygen atoms in total. The molecule has 0 radical (unpaired) electrons. The van der Waals surface area contributed by atoms with Gasteiger partial charge in [0.15, 0.2) is 4.77 Å². The van der Waals surface area contributed by atoms with E-state index in [0.717, 1.165) is 0 Å². The fourth-order valence-corrected chi connectivity index (χ4v) is 1.79. The predicted octanol–water partition coefficient (Wildman–Crippen LogP) is -0.888. The van der Waals surface area contributed by atoms with E-state index in [9.17, 15) is 14.7 Å². The first kappa shape index (κ1) is 10.8. The Hall–Kier alpha value is -1.67. The van der Waals surface area contributed by atoms with Crippen LogP contribution in [0.5, 0.6) is 0 Å². The lowest BCUT2D eigenvalue weighted by Gasteiger charge is -2.16. The lowest BCUT2D eigenvalue weighted by atomic mass is 10.3. The molecule has 2 rings (SSSR count). The van der Waals surface area contributed by atoms with Crippen LogP contribution in [0.25, 0.3) is 0 Å². The average molecular weight is 242 g/mol. The van der Waals surface area contributed by atoms with Crippen molar-refractivity contribution in [3.8, 4) is 0 Å². The van der Waals surface area contributed by atoms with E-state index in [1.54, 1.807) is 0 Å². The Balaban J connectivity index is 2.53. The number of β-amino-alcohol motifs (C(OH)–C–C–N with tert-alkyl or cyclic N) is 1. The molecule has 0 aliphatic carbocycles. The molecule has 16 heavy (non-hydrogen) atoms. The zero-order chi connectivity index (χ0) is 11.9. The maximum atomic E-state index is 11.5. The summed E-state index contributed by atoms with van der Waals surface area (Å²) in [7, 11) is 0. The fraction of sp³-hybridized carbons (Fsp3) is 0.375. The highest BCUT2D eigenvalue weighted by Crippen LogP contribution is 2.22. The average Bonchev–Trinajstić information content (AvgIpc) is 2.51. The summed E-state index contributed by atoms with van der Waals surface area (Å²) in [6.07, 6.45) is -0.722. The Bertz CT molecular complexity index is 549. The van der Waals surface area contributed by atoms with Crippen LogP contribution in [0.15, 0.2) is 4.79 Å². The lowest BCUT2D eigenvalue weighted by molar-refractivity contribution is -0.117. The maximum Gasteiger partial charge on any atom is 0.277 e. The molecule has 86 valence electrons. The number of rotatable bonds is 1. The third kappa shape index (κ3) is 1.72. The van der Waals surface area contributed by atoms with Crippen molar-refractivity contribution in [3.05, 3.63) is 15.1 Å². The standard InChI is InChI=1S/C8H10N4O3S/c9-5-6(10-8(16)11-7(5)15)12-2-3(13)1-4(12)14/h3,13H,1-2,9H2,(H2,10,11,15,16). The topological polar surface area (TPSA) is 115 Å². The second-order valence-electron chi connectivity index (χ2n) is 3.53. The Morgan fingerprint density at radius 2 is 2.12 bits per heavy atom. The van der Waals surface area contributed by atoms with Gasteiger partial charge in [-0.2, -0.15) is 0 Å². The van der Waals surface area contributed by atoms with E-state index in [0.29, 0.717) is 0 Å². The molecule has 8 heteroatoms. The second kappa shape index (κ2) is 3.72. The van der Waals surface area contributed by atoms with Crippen LogP contribution in [0.3, 0.4) is 0 Å². The van der Waals surface area contributed by atoms with Crippen molar-refractivity contribution in [1.29, 1.82) is 0 Å². The number of aromatic amines is 2. The van der Waals surface area contributed by atoms with E-state index in [2.05, 4.69) is 9.97 Å². The van der Waals surface area contributed by atoms with Crippen molar-refractivity contribution in [2.45, 2.75) is 12.5 Å². The number of hydrogen-bond donors (Lipinski definition) is 4. The van der Waals surface area contributed by atoms with E-state index in [-0.39, 0.29) is 35.1 Å². The number of nitrogens with one attached hydrogen (secondary N) is 2. The monoisotopic (exact) mass is 242 g/mol. The van der Waals surface area contributed by atoms with Crippen LogP contribution in [0.4, 0.5) is 11.5 Å². The SMILES string of the molecule is Nc1c(N2CC(O)CC2=O)[nH]c(=S)[nH]c1=O. The Kier molecular flexibility index (Phi) is 2.52. The molecule has 5 N–H and O–H groups in total. The molecule has 1 aromatic rings. The summed E-state index contributed by atoms with van der Waals surface area (Å²) in [5.74, 6) is -0.147. The smallest absolute Gasteiger partial charge is 0.277 e. The summed E-state index contributed by atoms with van der Waals surface area (Å²) < 4.78 is 0.0865. The van der Waals surface area contributed by atoms with Gasteiger partial charge in [0, 0.05) is 0 Å². The molecule has 1 fully saturated rings. The summed E-state index contributed by atoms with van der Waals surface area (Å²) >= 11 is 4.78. The molecule has 1 aliphatic rings. The van der Waals surface area contributed by atoms with Crippen molar-refractivity contribution in [3.63, 3.8) is 0 Å². The third-order valence-corrected chi connectivity index (χ3v) is 2.54. The van der Waals surface area contributed by atoms with Gasteiger partial charge in [0.05, 0.1) is 19.1 Å². The predicted molar refractivity (Wildman–Crippen MR) is 59.6 cm³/mol. The molecule has 0 spiro atoms. The normalized spacial score (nSPS) is 20.4. The van der Waals surface area contributed by atoms with E-state index in [1.165, 1.54) is 4.90 Å². The van der Waals surface area contributed by atoms with Crippen LogP contribution in [0.1, 0.15) is 6.42 Å². The number of carbonyl (C=O) groups is 1. The third-order valence-electron chi connectivity index (χ3n) is 2.33. The Morgan fingerprint density at radius 3 is 2.69 bits per heavy atom. The molecule has 1 atom stereocenters. The highest BCUT2D eigenvalue weighted by molar-refractivity contribution is 7.71. The zero-order valence-electron chi connectivity index (χ0n) is 8.19. The molecule has 0 saturated carbocycles. The van der Waals surface area contributed by atoms with E-state index < -0.39 is 11.7 Å². The van der Waals surface area contributed by atoms with Gasteiger partial charge < -0.3 is 15.8 Å². The van der Waals surface area contributed by atoms with Gasteiger partial charge in [-0.3, -0.25) is 19.5 Å².